The molecule has 7 nitrogen and oxygen atoms in total. The second-order valence-corrected chi connectivity index (χ2v) is 9.82. The number of thiophene rings is 1. The van der Waals surface area contributed by atoms with Gasteiger partial charge in [-0.3, -0.25) is 4.79 Å². The van der Waals surface area contributed by atoms with E-state index in [9.17, 15) is 22.8 Å². The van der Waals surface area contributed by atoms with E-state index >= 15 is 0 Å². The number of alkyl halides is 3. The van der Waals surface area contributed by atoms with Crippen LogP contribution in [-0.2, 0) is 0 Å². The summed E-state index contributed by atoms with van der Waals surface area (Å²) in [5.41, 5.74) is 0.636. The number of carbonyl (C=O) groups is 2. The number of carbonyl (C=O) groups excluding carboxylic acids is 2. The van der Waals surface area contributed by atoms with Gasteiger partial charge >= 0.3 is 12.4 Å². The minimum absolute atomic E-state index is 0. The molecule has 0 unspecified atom stereocenters. The molecule has 0 spiro atoms. The second kappa shape index (κ2) is 10.5. The van der Waals surface area contributed by atoms with E-state index in [-0.39, 0.29) is 30.0 Å². The van der Waals surface area contributed by atoms with Gasteiger partial charge in [0.15, 0.2) is 0 Å². The number of nitrogens with one attached hydrogen (secondary N) is 3. The van der Waals surface area contributed by atoms with E-state index in [1.807, 2.05) is 12.1 Å². The summed E-state index contributed by atoms with van der Waals surface area (Å²) in [7, 11) is 0. The van der Waals surface area contributed by atoms with Crippen molar-refractivity contribution in [3.8, 4) is 5.75 Å². The molecule has 12 heteroatoms. The van der Waals surface area contributed by atoms with Gasteiger partial charge in [-0.2, -0.15) is 0 Å². The topological polar surface area (TPSA) is 82.7 Å². The number of halogens is 4. The van der Waals surface area contributed by atoms with E-state index in [0.717, 1.165) is 54.7 Å². The van der Waals surface area contributed by atoms with Gasteiger partial charge in [-0.15, -0.1) is 36.9 Å². The third-order valence-corrected chi connectivity index (χ3v) is 7.40. The molecule has 2 bridgehead atoms. The molecule has 4 heterocycles. The number of benzene rings is 2. The minimum atomic E-state index is -4.82. The molecule has 0 radical (unpaired) electrons. The zero-order valence-electron chi connectivity index (χ0n) is 18.9. The van der Waals surface area contributed by atoms with Crippen LogP contribution in [-0.4, -0.2) is 48.9 Å². The van der Waals surface area contributed by atoms with Gasteiger partial charge in [-0.1, -0.05) is 12.1 Å². The molecule has 1 aromatic heterocycles. The van der Waals surface area contributed by atoms with Crippen molar-refractivity contribution in [2.45, 2.75) is 25.2 Å². The first kappa shape index (κ1) is 26.1. The Bertz CT molecular complexity index is 1260. The van der Waals surface area contributed by atoms with Crippen LogP contribution < -0.4 is 20.7 Å². The maximum absolute atomic E-state index is 12.9. The number of amides is 3. The molecule has 3 aromatic rings. The molecule has 6 rings (SSSR count). The Hall–Kier alpha value is -3.02. The summed E-state index contributed by atoms with van der Waals surface area (Å²) in [5, 5.41) is 9.22. The average Bonchev–Trinajstić information content (AvgIpc) is 3.22. The molecule has 3 aliphatic heterocycles. The van der Waals surface area contributed by atoms with Crippen LogP contribution in [0.3, 0.4) is 0 Å². The van der Waals surface area contributed by atoms with Crippen molar-refractivity contribution in [1.82, 2.24) is 10.2 Å². The zero-order valence-corrected chi connectivity index (χ0v) is 20.6. The van der Waals surface area contributed by atoms with Gasteiger partial charge in [0.1, 0.15) is 5.75 Å². The molecular formula is C24H24ClF3N4O3S. The lowest BCUT2D eigenvalue weighted by Gasteiger charge is -2.44. The minimum Gasteiger partial charge on any atom is -0.406 e. The van der Waals surface area contributed by atoms with Crippen LogP contribution in [0.25, 0.3) is 10.1 Å². The Balaban J connectivity index is 0.00000304. The summed E-state index contributed by atoms with van der Waals surface area (Å²) >= 11 is 1.35. The Morgan fingerprint density at radius 3 is 2.39 bits per heavy atom. The van der Waals surface area contributed by atoms with Crippen molar-refractivity contribution < 1.29 is 27.5 Å². The van der Waals surface area contributed by atoms with E-state index in [4.69, 9.17) is 0 Å². The Kier molecular flexibility index (Phi) is 7.62. The van der Waals surface area contributed by atoms with E-state index in [2.05, 4.69) is 25.6 Å². The maximum atomic E-state index is 12.9. The molecule has 3 amide bonds. The summed E-state index contributed by atoms with van der Waals surface area (Å²) in [5.74, 6) is 0.0193. The van der Waals surface area contributed by atoms with Gasteiger partial charge in [0.05, 0.1) is 4.88 Å². The lowest BCUT2D eigenvalue weighted by Crippen LogP contribution is -2.57. The summed E-state index contributed by atoms with van der Waals surface area (Å²) in [6.45, 7) is 3.11. The van der Waals surface area contributed by atoms with Gasteiger partial charge in [-0.05, 0) is 67.6 Å². The molecule has 0 saturated carbocycles. The van der Waals surface area contributed by atoms with Crippen molar-refractivity contribution in [2.75, 3.05) is 30.3 Å². The Labute approximate surface area is 215 Å². The predicted molar refractivity (Wildman–Crippen MR) is 135 cm³/mol. The average molecular weight is 541 g/mol. The first-order chi connectivity index (χ1) is 16.7. The molecule has 3 saturated heterocycles. The van der Waals surface area contributed by atoms with Crippen molar-refractivity contribution in [3.05, 3.63) is 53.4 Å². The molecule has 1 atom stereocenters. The number of anilines is 2. The van der Waals surface area contributed by atoms with Crippen LogP contribution in [0.15, 0.2) is 48.5 Å². The number of piperidine rings is 3. The molecule has 2 aromatic carbocycles. The number of hydrogen-bond donors (Lipinski definition) is 3. The number of ether oxygens (including phenoxy) is 1. The van der Waals surface area contributed by atoms with Crippen LogP contribution >= 0.6 is 23.7 Å². The quantitative estimate of drug-likeness (QED) is 0.388. The number of fused-ring (bicyclic) bond motifs is 4. The van der Waals surface area contributed by atoms with Gasteiger partial charge in [0, 0.05) is 34.7 Å². The molecule has 3 aliphatic rings. The summed E-state index contributed by atoms with van der Waals surface area (Å²) in [6, 6.07) is 11.7. The Morgan fingerprint density at radius 2 is 1.72 bits per heavy atom. The van der Waals surface area contributed by atoms with Crippen LogP contribution in [0.2, 0.25) is 0 Å². The number of nitrogens with zero attached hydrogens (tertiary/aromatic N) is 1. The number of rotatable bonds is 5. The summed E-state index contributed by atoms with van der Waals surface area (Å²) < 4.78 is 41.9. The Morgan fingerprint density at radius 1 is 1.00 bits per heavy atom. The van der Waals surface area contributed by atoms with Crippen LogP contribution in [0, 0.1) is 5.92 Å². The molecule has 0 aliphatic carbocycles. The molecule has 36 heavy (non-hydrogen) atoms. The van der Waals surface area contributed by atoms with Gasteiger partial charge in [0.25, 0.3) is 5.91 Å². The third-order valence-electron chi connectivity index (χ3n) is 6.30. The maximum Gasteiger partial charge on any atom is 0.573 e. The first-order valence-corrected chi connectivity index (χ1v) is 12.0. The van der Waals surface area contributed by atoms with Crippen molar-refractivity contribution in [3.63, 3.8) is 0 Å². The molecule has 3 fully saturated rings. The van der Waals surface area contributed by atoms with Crippen LogP contribution in [0.4, 0.5) is 29.3 Å². The van der Waals surface area contributed by atoms with Gasteiger partial charge in [-0.25, -0.2) is 4.79 Å². The fourth-order valence-corrected chi connectivity index (χ4v) is 5.66. The highest BCUT2D eigenvalue weighted by molar-refractivity contribution is 7.20. The zero-order chi connectivity index (χ0) is 24.6. The lowest BCUT2D eigenvalue weighted by molar-refractivity contribution is -0.274. The fraction of sp³-hybridized carbons (Fsp3) is 0.333. The van der Waals surface area contributed by atoms with Crippen LogP contribution in [0.5, 0.6) is 5.75 Å². The smallest absolute Gasteiger partial charge is 0.406 e. The van der Waals surface area contributed by atoms with Gasteiger partial charge in [0.2, 0.25) is 0 Å². The third kappa shape index (κ3) is 6.21. The highest BCUT2D eigenvalue weighted by atomic mass is 35.5. The van der Waals surface area contributed by atoms with E-state index in [1.54, 1.807) is 12.1 Å². The van der Waals surface area contributed by atoms with E-state index in [0.29, 0.717) is 16.5 Å². The SMILES string of the molecule is Cl.O=C(Nc1cccc(OC(F)(F)F)c1)Nc1ccc2cc(C(=O)N[C@H]3CN4CCC3CC4)sc2c1. The standard InChI is InChI=1S/C24H23F3N4O3S.ClH/c25-24(26,27)34-18-3-1-2-16(11-18)28-23(33)29-17-5-4-15-10-21(35-20(15)12-17)22(32)30-19-13-31-8-6-14(19)7-9-31;/h1-5,10-12,14,19H,6-9,13H2,(H,30,32)(H2,28,29,33);1H/t19-;/m0./s1. The normalized spacial score (nSPS) is 20.9. The second-order valence-electron chi connectivity index (χ2n) is 8.74. The highest BCUT2D eigenvalue weighted by Crippen LogP contribution is 2.31. The molecular weight excluding hydrogens is 517 g/mol. The fourth-order valence-electron chi connectivity index (χ4n) is 4.65. The summed E-state index contributed by atoms with van der Waals surface area (Å²) in [6.07, 6.45) is -2.58. The highest BCUT2D eigenvalue weighted by Gasteiger charge is 2.35. The van der Waals surface area contributed by atoms with Crippen molar-refractivity contribution in [1.29, 1.82) is 0 Å². The van der Waals surface area contributed by atoms with E-state index in [1.165, 1.54) is 23.5 Å². The van der Waals surface area contributed by atoms with Gasteiger partial charge < -0.3 is 25.6 Å². The van der Waals surface area contributed by atoms with Crippen LogP contribution in [0.1, 0.15) is 22.5 Å². The number of urea groups is 1. The first-order valence-electron chi connectivity index (χ1n) is 11.2. The molecule has 3 N–H and O–H groups in total. The number of hydrogen-bond acceptors (Lipinski definition) is 5. The summed E-state index contributed by atoms with van der Waals surface area (Å²) in [4.78, 5) is 28.2. The predicted octanol–water partition coefficient (Wildman–Crippen LogP) is 5.69. The monoisotopic (exact) mass is 540 g/mol. The van der Waals surface area contributed by atoms with E-state index < -0.39 is 18.1 Å². The van der Waals surface area contributed by atoms with Crippen molar-refractivity contribution >= 4 is 57.1 Å². The lowest BCUT2D eigenvalue weighted by atomic mass is 9.84. The molecule has 192 valence electrons. The largest absolute Gasteiger partial charge is 0.573 e. The van der Waals surface area contributed by atoms with Crippen molar-refractivity contribution in [2.24, 2.45) is 5.92 Å².